The molecule has 1 aromatic heterocycles. The number of aliphatic hydroxyl groups is 1. The SMILES string of the molecule is COc1c(C)cc2c(c1O)[C@H]1[C@@H]3[C@@H]4SC[C@]5(N[C@H](CN)Cc6c5[nH]c5ccccc65)C(=O)OCC[C@@H](c5c6c(c(C)c(OC(C)=O)c54)OCO6)N3C(O)(C2)CN1C. The second-order valence-corrected chi connectivity index (χ2v) is 17.5. The molecule has 2 fully saturated rings. The van der Waals surface area contributed by atoms with Crippen molar-refractivity contribution in [3.63, 3.8) is 0 Å². The number of phenolic OH excluding ortho intramolecular Hbond substituents is 1. The summed E-state index contributed by atoms with van der Waals surface area (Å²) in [6.07, 6.45) is 1.10. The van der Waals surface area contributed by atoms with Gasteiger partial charge < -0.3 is 44.6 Å². The van der Waals surface area contributed by atoms with Crippen molar-refractivity contribution in [1.82, 2.24) is 20.1 Å². The normalized spacial score (nSPS) is 31.2. The zero-order chi connectivity index (χ0) is 39.7. The van der Waals surface area contributed by atoms with Crippen molar-refractivity contribution in [3.8, 4) is 28.7 Å². The number of aromatic hydroxyl groups is 1. The monoisotopic (exact) mass is 797 g/mol. The van der Waals surface area contributed by atoms with E-state index in [-0.39, 0.29) is 50.3 Å². The lowest BCUT2D eigenvalue weighted by atomic mass is 9.77. The summed E-state index contributed by atoms with van der Waals surface area (Å²) in [6, 6.07) is 8.20. The van der Waals surface area contributed by atoms with E-state index in [1.54, 1.807) is 7.11 Å². The average molecular weight is 798 g/mol. The van der Waals surface area contributed by atoms with Gasteiger partial charge in [-0.25, -0.2) is 4.79 Å². The van der Waals surface area contributed by atoms with E-state index < -0.39 is 46.6 Å². The number of ether oxygens (including phenoxy) is 5. The van der Waals surface area contributed by atoms with Gasteiger partial charge >= 0.3 is 11.9 Å². The van der Waals surface area contributed by atoms with E-state index in [1.165, 1.54) is 18.7 Å². The van der Waals surface area contributed by atoms with Crippen LogP contribution in [0.3, 0.4) is 0 Å². The number of benzene rings is 3. The number of methoxy groups -OCH3 is 1. The number of likely N-dealkylation sites (N-methyl/N-ethyl adjacent to an activating group) is 1. The standard InChI is InChI=1S/C42H47N5O9S/c1-19-12-22-14-41(51)16-46(4)31(28(22)33(49)34(19)52-5)32-38-30-29(37-36(54-18-55-37)20(2)35(30)56-21(3)48)27(47(32)41)10-11-53-40(50)42(17-57-38)39-25(13-23(15-43)45-42)24-8-6-7-9-26(24)44-39/h6-9,12,23,27,31-32,38,44-45,49,51H,10-11,13-18,43H2,1-5H3/t23-,27-,31-,32+,38+,41?,42+/m0/s1. The summed E-state index contributed by atoms with van der Waals surface area (Å²) in [5, 5.41) is 29.5. The lowest BCUT2D eigenvalue weighted by molar-refractivity contribution is -0.209. The van der Waals surface area contributed by atoms with E-state index in [0.29, 0.717) is 47.1 Å². The number of nitrogens with two attached hydrogens (primary N) is 1. The van der Waals surface area contributed by atoms with Gasteiger partial charge in [0, 0.05) is 89.9 Å². The molecule has 300 valence electrons. The topological polar surface area (TPSA) is 181 Å². The van der Waals surface area contributed by atoms with E-state index in [1.807, 2.05) is 45.2 Å². The molecular weight excluding hydrogens is 751 g/mol. The largest absolute Gasteiger partial charge is 0.504 e. The minimum atomic E-state index is -1.46. The zero-order valence-corrected chi connectivity index (χ0v) is 33.4. The van der Waals surface area contributed by atoms with Crippen molar-refractivity contribution >= 4 is 34.6 Å². The van der Waals surface area contributed by atoms with Gasteiger partial charge in [-0.05, 0) is 50.1 Å². The van der Waals surface area contributed by atoms with Crippen molar-refractivity contribution in [3.05, 3.63) is 75.0 Å². The van der Waals surface area contributed by atoms with Crippen molar-refractivity contribution in [2.75, 3.05) is 46.4 Å². The third-order valence-corrected chi connectivity index (χ3v) is 14.6. The number of thioether (sulfide) groups is 1. The molecule has 0 radical (unpaired) electrons. The molecule has 8 aliphatic heterocycles. The number of rotatable bonds is 3. The highest BCUT2D eigenvalue weighted by atomic mass is 32.2. The van der Waals surface area contributed by atoms with E-state index in [2.05, 4.69) is 26.2 Å². The molecule has 0 aliphatic carbocycles. The first-order valence-corrected chi connectivity index (χ1v) is 20.6. The Balaban J connectivity index is 1.26. The maximum absolute atomic E-state index is 14.9. The van der Waals surface area contributed by atoms with Gasteiger partial charge in [0.1, 0.15) is 11.5 Å². The number of hydrogen-bond donors (Lipinski definition) is 5. The Morgan fingerprint density at radius 1 is 1.12 bits per heavy atom. The second-order valence-electron chi connectivity index (χ2n) is 16.4. The van der Waals surface area contributed by atoms with Gasteiger partial charge in [-0.1, -0.05) is 24.3 Å². The van der Waals surface area contributed by atoms with Crippen LogP contribution in [0.5, 0.6) is 28.7 Å². The van der Waals surface area contributed by atoms with E-state index >= 15 is 0 Å². The van der Waals surface area contributed by atoms with Gasteiger partial charge in [-0.2, -0.15) is 0 Å². The van der Waals surface area contributed by atoms with Crippen LogP contribution in [0.4, 0.5) is 0 Å². The molecule has 4 aromatic rings. The number of nitrogens with one attached hydrogen (secondary N) is 2. The molecule has 4 bridgehead atoms. The highest BCUT2D eigenvalue weighted by molar-refractivity contribution is 7.99. The quantitative estimate of drug-likeness (QED) is 0.149. The molecule has 1 spiro atoms. The Bertz CT molecular complexity index is 2390. The predicted molar refractivity (Wildman–Crippen MR) is 211 cm³/mol. The number of esters is 2. The van der Waals surface area contributed by atoms with Gasteiger partial charge in [-0.15, -0.1) is 11.8 Å². The van der Waals surface area contributed by atoms with Crippen molar-refractivity contribution in [1.29, 1.82) is 0 Å². The number of fused-ring (bicyclic) bond motifs is 9. The Labute approximate surface area is 333 Å². The van der Waals surface area contributed by atoms with E-state index in [0.717, 1.165) is 44.4 Å². The number of para-hydroxylation sites is 1. The number of carbonyl (C=O) groups excluding carboxylic acids is 2. The maximum Gasteiger partial charge on any atom is 0.333 e. The lowest BCUT2D eigenvalue weighted by Crippen LogP contribution is -2.69. The fourth-order valence-corrected chi connectivity index (χ4v) is 12.7. The number of aryl methyl sites for hydroxylation is 1. The van der Waals surface area contributed by atoms with Gasteiger partial charge in [0.2, 0.25) is 6.79 Å². The third-order valence-electron chi connectivity index (χ3n) is 13.1. The Morgan fingerprint density at radius 3 is 2.68 bits per heavy atom. The summed E-state index contributed by atoms with van der Waals surface area (Å²) in [5.74, 6) is 1.05. The van der Waals surface area contributed by atoms with Gasteiger partial charge in [0.05, 0.1) is 30.7 Å². The number of piperazine rings is 1. The molecule has 8 atom stereocenters. The van der Waals surface area contributed by atoms with Crippen LogP contribution in [0.2, 0.25) is 0 Å². The molecule has 6 N–H and O–H groups in total. The van der Waals surface area contributed by atoms with Gasteiger partial charge in [-0.3, -0.25) is 19.9 Å². The number of H-pyrrole nitrogens is 1. The Morgan fingerprint density at radius 2 is 1.91 bits per heavy atom. The van der Waals surface area contributed by atoms with E-state index in [9.17, 15) is 19.8 Å². The van der Waals surface area contributed by atoms with Crippen molar-refractivity contribution < 1.29 is 43.5 Å². The van der Waals surface area contributed by atoms with Gasteiger partial charge in [0.25, 0.3) is 0 Å². The van der Waals surface area contributed by atoms with Crippen molar-refractivity contribution in [2.24, 2.45) is 5.73 Å². The number of aromatic amines is 1. The average Bonchev–Trinajstić information content (AvgIpc) is 3.76. The smallest absolute Gasteiger partial charge is 0.333 e. The van der Waals surface area contributed by atoms with Crippen LogP contribution < -0.4 is 30.0 Å². The minimum Gasteiger partial charge on any atom is -0.504 e. The minimum absolute atomic E-state index is 0.00188. The summed E-state index contributed by atoms with van der Waals surface area (Å²) >= 11 is 1.53. The fourth-order valence-electron chi connectivity index (χ4n) is 11.1. The number of phenols is 1. The maximum atomic E-state index is 14.9. The predicted octanol–water partition coefficient (Wildman–Crippen LogP) is 3.90. The van der Waals surface area contributed by atoms with Crippen LogP contribution in [0.15, 0.2) is 30.3 Å². The molecule has 0 amide bonds. The molecule has 2 saturated heterocycles. The van der Waals surface area contributed by atoms with Gasteiger partial charge in [0.15, 0.2) is 28.5 Å². The van der Waals surface area contributed by atoms with E-state index in [4.69, 9.17) is 29.4 Å². The zero-order valence-electron chi connectivity index (χ0n) is 32.6. The van der Waals surface area contributed by atoms with Crippen LogP contribution in [-0.4, -0.2) is 101 Å². The number of hydrogen-bond acceptors (Lipinski definition) is 14. The number of nitrogens with zero attached hydrogens (tertiary/aromatic N) is 2. The summed E-state index contributed by atoms with van der Waals surface area (Å²) in [5.41, 5.74) is 10.6. The lowest BCUT2D eigenvalue weighted by Gasteiger charge is -2.60. The Hall–Kier alpha value is -4.51. The van der Waals surface area contributed by atoms with Crippen LogP contribution in [0.1, 0.15) is 75.3 Å². The summed E-state index contributed by atoms with van der Waals surface area (Å²) in [7, 11) is 3.51. The van der Waals surface area contributed by atoms with Crippen LogP contribution >= 0.6 is 11.8 Å². The first-order valence-electron chi connectivity index (χ1n) is 19.5. The van der Waals surface area contributed by atoms with Crippen LogP contribution in [0, 0.1) is 13.8 Å². The number of aromatic nitrogens is 1. The van der Waals surface area contributed by atoms with Crippen LogP contribution in [0.25, 0.3) is 10.9 Å². The first kappa shape index (κ1) is 36.8. The highest BCUT2D eigenvalue weighted by Gasteiger charge is 2.63. The molecule has 3 aromatic carbocycles. The molecule has 9 heterocycles. The molecule has 14 nitrogen and oxygen atoms in total. The molecule has 57 heavy (non-hydrogen) atoms. The molecule has 12 rings (SSSR count). The summed E-state index contributed by atoms with van der Waals surface area (Å²) < 4.78 is 30.8. The molecular formula is C42H47N5O9S. The summed E-state index contributed by atoms with van der Waals surface area (Å²) in [6.45, 7) is 5.66. The molecule has 8 aliphatic rings. The Kier molecular flexibility index (Phi) is 8.39. The highest BCUT2D eigenvalue weighted by Crippen LogP contribution is 2.65. The second kappa shape index (κ2) is 13.0. The van der Waals surface area contributed by atoms with Crippen molar-refractivity contribution in [2.45, 2.75) is 80.7 Å². The number of carbonyl (C=O) groups is 2. The first-order chi connectivity index (χ1) is 27.4. The molecule has 15 heteroatoms. The third kappa shape index (κ3) is 5.08. The fraction of sp³-hybridized carbons (Fsp3) is 0.476. The molecule has 0 saturated carbocycles. The van der Waals surface area contributed by atoms with Crippen LogP contribution in [-0.2, 0) is 32.7 Å². The summed E-state index contributed by atoms with van der Waals surface area (Å²) in [4.78, 5) is 35.9. The molecule has 2 unspecified atom stereocenters.